The van der Waals surface area contributed by atoms with Gasteiger partial charge in [0.05, 0.1) is 33.4 Å². The van der Waals surface area contributed by atoms with E-state index in [1.165, 1.54) is 11.3 Å². The third-order valence-electron chi connectivity index (χ3n) is 3.45. The summed E-state index contributed by atoms with van der Waals surface area (Å²) in [5, 5.41) is 0.688. The van der Waals surface area contributed by atoms with Crippen LogP contribution in [0.5, 0.6) is 5.75 Å². The average molecular weight is 343 g/mol. The van der Waals surface area contributed by atoms with Crippen LogP contribution in [0.15, 0.2) is 53.2 Å². The fourth-order valence-corrected chi connectivity index (χ4v) is 3.51. The molecule has 4 aromatic rings. The van der Waals surface area contributed by atoms with Crippen LogP contribution in [0.4, 0.5) is 0 Å². The van der Waals surface area contributed by atoms with Crippen LogP contribution in [0.25, 0.3) is 32.3 Å². The molecule has 0 aliphatic heterocycles. The summed E-state index contributed by atoms with van der Waals surface area (Å²) >= 11 is 7.72. The third-order valence-corrected chi connectivity index (χ3v) is 5.03. The Morgan fingerprint density at radius 3 is 2.70 bits per heavy atom. The molecule has 0 atom stereocenters. The maximum Gasteiger partial charge on any atom is 0.237 e. The first kappa shape index (κ1) is 14.2. The van der Waals surface area contributed by atoms with Crippen LogP contribution in [0.1, 0.15) is 0 Å². The Balaban J connectivity index is 1.72. The lowest BCUT2D eigenvalue weighted by atomic mass is 10.2. The summed E-state index contributed by atoms with van der Waals surface area (Å²) in [5.41, 5.74) is 1.79. The molecule has 1 aromatic carbocycles. The summed E-state index contributed by atoms with van der Waals surface area (Å²) in [6.07, 6.45) is 3.41. The standard InChI is InChI=1S/C17H11ClN2O2S/c1-21-11-4-2-10(3-5-11)14-9-20-17(22-14)15-8-13-16(23-15)12(18)6-7-19-13/h2-9H,1H3. The Kier molecular flexibility index (Phi) is 3.52. The van der Waals surface area contributed by atoms with E-state index < -0.39 is 0 Å². The minimum atomic E-state index is 0.565. The zero-order valence-corrected chi connectivity index (χ0v) is 13.7. The van der Waals surface area contributed by atoms with Crippen LogP contribution in [0.3, 0.4) is 0 Å². The number of thiophene rings is 1. The molecular weight excluding hydrogens is 332 g/mol. The number of fused-ring (bicyclic) bond motifs is 1. The minimum Gasteiger partial charge on any atom is -0.497 e. The van der Waals surface area contributed by atoms with Gasteiger partial charge in [0.2, 0.25) is 5.89 Å². The number of methoxy groups -OCH3 is 1. The lowest BCUT2D eigenvalue weighted by molar-refractivity contribution is 0.415. The maximum atomic E-state index is 6.20. The van der Waals surface area contributed by atoms with Crippen LogP contribution in [0, 0.1) is 0 Å². The minimum absolute atomic E-state index is 0.565. The third kappa shape index (κ3) is 2.58. The number of hydrogen-bond donors (Lipinski definition) is 0. The Hall–Kier alpha value is -2.37. The van der Waals surface area contributed by atoms with Crippen LogP contribution < -0.4 is 4.74 Å². The van der Waals surface area contributed by atoms with Crippen molar-refractivity contribution in [1.29, 1.82) is 0 Å². The largest absolute Gasteiger partial charge is 0.497 e. The van der Waals surface area contributed by atoms with E-state index in [4.69, 9.17) is 20.8 Å². The number of rotatable bonds is 3. The normalized spacial score (nSPS) is 11.0. The number of ether oxygens (including phenoxy) is 1. The van der Waals surface area contributed by atoms with Crippen molar-refractivity contribution in [1.82, 2.24) is 9.97 Å². The van der Waals surface area contributed by atoms with Crippen LogP contribution >= 0.6 is 22.9 Å². The molecular formula is C17H11ClN2O2S. The second-order valence-corrected chi connectivity index (χ2v) is 6.34. The molecule has 23 heavy (non-hydrogen) atoms. The van der Waals surface area contributed by atoms with Gasteiger partial charge in [-0.25, -0.2) is 4.98 Å². The molecule has 0 N–H and O–H groups in total. The fourth-order valence-electron chi connectivity index (χ4n) is 2.29. The number of halogens is 1. The van der Waals surface area contributed by atoms with Crippen molar-refractivity contribution in [3.8, 4) is 27.8 Å². The topological polar surface area (TPSA) is 48.2 Å². The van der Waals surface area contributed by atoms with Crippen molar-refractivity contribution in [2.24, 2.45) is 0 Å². The van der Waals surface area contributed by atoms with Crippen molar-refractivity contribution < 1.29 is 9.15 Å². The van der Waals surface area contributed by atoms with E-state index >= 15 is 0 Å². The second kappa shape index (κ2) is 5.68. The van der Waals surface area contributed by atoms with E-state index in [1.807, 2.05) is 30.3 Å². The highest BCUT2D eigenvalue weighted by Crippen LogP contribution is 2.37. The van der Waals surface area contributed by atoms with Gasteiger partial charge in [-0.05, 0) is 36.4 Å². The van der Waals surface area contributed by atoms with E-state index in [1.54, 1.807) is 25.6 Å². The molecule has 0 saturated heterocycles. The Morgan fingerprint density at radius 2 is 1.96 bits per heavy atom. The molecule has 4 nitrogen and oxygen atoms in total. The van der Waals surface area contributed by atoms with E-state index in [-0.39, 0.29) is 0 Å². The van der Waals surface area contributed by atoms with Gasteiger partial charge in [0.15, 0.2) is 5.76 Å². The zero-order valence-electron chi connectivity index (χ0n) is 12.1. The summed E-state index contributed by atoms with van der Waals surface area (Å²) in [6, 6.07) is 11.4. The summed E-state index contributed by atoms with van der Waals surface area (Å²) in [5.74, 6) is 2.08. The van der Waals surface area contributed by atoms with Crippen molar-refractivity contribution in [3.05, 3.63) is 53.8 Å². The summed E-state index contributed by atoms with van der Waals surface area (Å²) < 4.78 is 12.0. The van der Waals surface area contributed by atoms with Crippen molar-refractivity contribution in [2.45, 2.75) is 0 Å². The molecule has 6 heteroatoms. The second-order valence-electron chi connectivity index (χ2n) is 4.88. The molecule has 0 aliphatic carbocycles. The van der Waals surface area contributed by atoms with E-state index in [9.17, 15) is 0 Å². The molecule has 0 saturated carbocycles. The Morgan fingerprint density at radius 1 is 1.13 bits per heavy atom. The van der Waals surface area contributed by atoms with Crippen molar-refractivity contribution in [2.75, 3.05) is 7.11 Å². The molecule has 114 valence electrons. The van der Waals surface area contributed by atoms with Crippen LogP contribution in [-0.2, 0) is 0 Å². The highest BCUT2D eigenvalue weighted by molar-refractivity contribution is 7.22. The van der Waals surface area contributed by atoms with E-state index in [0.717, 1.165) is 26.4 Å². The molecule has 0 amide bonds. The molecule has 0 bridgehead atoms. The van der Waals surface area contributed by atoms with Gasteiger partial charge in [-0.2, -0.15) is 0 Å². The molecule has 0 aliphatic rings. The Bertz CT molecular complexity index is 976. The van der Waals surface area contributed by atoms with Gasteiger partial charge in [-0.15, -0.1) is 11.3 Å². The molecule has 3 heterocycles. The first-order valence-electron chi connectivity index (χ1n) is 6.89. The van der Waals surface area contributed by atoms with Crippen molar-refractivity contribution >= 4 is 33.2 Å². The number of hydrogen-bond acceptors (Lipinski definition) is 5. The molecule has 0 unspecified atom stereocenters. The van der Waals surface area contributed by atoms with Gasteiger partial charge in [0, 0.05) is 11.8 Å². The number of aromatic nitrogens is 2. The zero-order chi connectivity index (χ0) is 15.8. The monoisotopic (exact) mass is 342 g/mol. The quantitative estimate of drug-likeness (QED) is 0.508. The highest BCUT2D eigenvalue weighted by Gasteiger charge is 2.13. The predicted molar refractivity (Wildman–Crippen MR) is 92.1 cm³/mol. The molecule has 3 aromatic heterocycles. The fraction of sp³-hybridized carbons (Fsp3) is 0.0588. The predicted octanol–water partition coefficient (Wildman–Crippen LogP) is 5.28. The molecule has 0 spiro atoms. The number of nitrogens with zero attached hydrogens (tertiary/aromatic N) is 2. The molecule has 0 radical (unpaired) electrons. The van der Waals surface area contributed by atoms with E-state index in [2.05, 4.69) is 9.97 Å². The van der Waals surface area contributed by atoms with Gasteiger partial charge in [-0.3, -0.25) is 4.98 Å². The Labute approximate surface area is 141 Å². The molecule has 0 fully saturated rings. The number of pyridine rings is 1. The summed E-state index contributed by atoms with van der Waals surface area (Å²) in [4.78, 5) is 9.59. The average Bonchev–Trinajstić information content (AvgIpc) is 3.22. The lowest BCUT2D eigenvalue weighted by Crippen LogP contribution is -1.81. The van der Waals surface area contributed by atoms with Gasteiger partial charge < -0.3 is 9.15 Å². The van der Waals surface area contributed by atoms with Gasteiger partial charge in [0.1, 0.15) is 5.75 Å². The van der Waals surface area contributed by atoms with Crippen molar-refractivity contribution in [3.63, 3.8) is 0 Å². The first-order chi connectivity index (χ1) is 11.2. The lowest BCUT2D eigenvalue weighted by Gasteiger charge is -1.99. The SMILES string of the molecule is COc1ccc(-c2cnc(-c3cc4nccc(Cl)c4s3)o2)cc1. The van der Waals surface area contributed by atoms with E-state index in [0.29, 0.717) is 16.7 Å². The van der Waals surface area contributed by atoms with Gasteiger partial charge in [-0.1, -0.05) is 11.6 Å². The number of oxazole rings is 1. The molecule has 4 rings (SSSR count). The highest BCUT2D eigenvalue weighted by atomic mass is 35.5. The number of benzene rings is 1. The van der Waals surface area contributed by atoms with Gasteiger partial charge in [0.25, 0.3) is 0 Å². The van der Waals surface area contributed by atoms with Gasteiger partial charge >= 0.3 is 0 Å². The first-order valence-corrected chi connectivity index (χ1v) is 8.09. The summed E-state index contributed by atoms with van der Waals surface area (Å²) in [6.45, 7) is 0. The van der Waals surface area contributed by atoms with Crippen LogP contribution in [-0.4, -0.2) is 17.1 Å². The summed E-state index contributed by atoms with van der Waals surface area (Å²) in [7, 11) is 1.64. The van der Waals surface area contributed by atoms with Crippen LogP contribution in [0.2, 0.25) is 5.02 Å². The maximum absolute atomic E-state index is 6.20. The smallest absolute Gasteiger partial charge is 0.237 e.